The number of fused-ring (bicyclic) bond motifs is 1. The van der Waals surface area contributed by atoms with Gasteiger partial charge in [-0.1, -0.05) is 18.2 Å². The van der Waals surface area contributed by atoms with Crippen LogP contribution >= 0.6 is 11.3 Å². The summed E-state index contributed by atoms with van der Waals surface area (Å²) in [6.07, 6.45) is 0.336. The maximum absolute atomic E-state index is 12.7. The van der Waals surface area contributed by atoms with Crippen molar-refractivity contribution in [3.63, 3.8) is 0 Å². The molecule has 6 heteroatoms. The van der Waals surface area contributed by atoms with E-state index in [4.69, 9.17) is 4.74 Å². The first kappa shape index (κ1) is 15.6. The third-order valence-corrected chi connectivity index (χ3v) is 5.48. The van der Waals surface area contributed by atoms with Gasteiger partial charge in [0.15, 0.2) is 6.10 Å². The van der Waals surface area contributed by atoms with E-state index in [9.17, 15) is 4.79 Å². The highest BCUT2D eigenvalue weighted by Gasteiger charge is 2.33. The molecule has 1 amide bonds. The zero-order valence-corrected chi connectivity index (χ0v) is 14.6. The molecule has 2 aliphatic heterocycles. The molecule has 1 unspecified atom stereocenters. The van der Waals surface area contributed by atoms with E-state index >= 15 is 0 Å². The minimum Gasteiger partial charge on any atom is -0.480 e. The lowest BCUT2D eigenvalue weighted by molar-refractivity contribution is -0.139. The second kappa shape index (κ2) is 6.53. The Hall–Kier alpha value is -1.92. The van der Waals surface area contributed by atoms with Crippen molar-refractivity contribution < 1.29 is 9.53 Å². The fourth-order valence-electron chi connectivity index (χ4n) is 3.36. The number of hydrogen-bond acceptors (Lipinski definition) is 5. The Bertz CT molecular complexity index is 712. The van der Waals surface area contributed by atoms with Crippen LogP contribution in [0.15, 0.2) is 29.6 Å². The molecule has 24 heavy (non-hydrogen) atoms. The maximum atomic E-state index is 12.7. The number of hydrogen-bond donors (Lipinski definition) is 0. The third-order valence-electron chi connectivity index (χ3n) is 4.66. The number of rotatable bonds is 3. The summed E-state index contributed by atoms with van der Waals surface area (Å²) in [5.41, 5.74) is 2.26. The minimum absolute atomic E-state index is 0.121. The molecule has 1 aromatic carbocycles. The summed E-state index contributed by atoms with van der Waals surface area (Å²) in [5.74, 6) is 0.976. The Kier molecular flexibility index (Phi) is 4.24. The fourth-order valence-corrected chi connectivity index (χ4v) is 3.96. The molecule has 0 bridgehead atoms. The van der Waals surface area contributed by atoms with Crippen LogP contribution in [-0.4, -0.2) is 53.0 Å². The predicted molar refractivity (Wildman–Crippen MR) is 93.3 cm³/mol. The standard InChI is InChI=1S/C18H21N3O2S/c1-13-19-15(12-24-13)11-20-6-8-21(9-7-20)18(22)17-10-14-4-2-3-5-16(14)23-17/h2-5,12,17H,6-11H2,1H3. The van der Waals surface area contributed by atoms with Crippen LogP contribution in [0.1, 0.15) is 16.3 Å². The molecule has 126 valence electrons. The summed E-state index contributed by atoms with van der Waals surface area (Å²) < 4.78 is 5.83. The number of para-hydroxylation sites is 1. The van der Waals surface area contributed by atoms with Gasteiger partial charge in [0.05, 0.1) is 10.7 Å². The molecule has 5 nitrogen and oxygen atoms in total. The van der Waals surface area contributed by atoms with Gasteiger partial charge in [-0.3, -0.25) is 9.69 Å². The largest absolute Gasteiger partial charge is 0.480 e. The molecule has 2 aliphatic rings. The van der Waals surface area contributed by atoms with Crippen molar-refractivity contribution in [1.29, 1.82) is 0 Å². The summed E-state index contributed by atoms with van der Waals surface area (Å²) in [6, 6.07) is 7.92. The van der Waals surface area contributed by atoms with Crippen LogP contribution in [0.2, 0.25) is 0 Å². The first-order chi connectivity index (χ1) is 11.7. The van der Waals surface area contributed by atoms with Gasteiger partial charge in [-0.05, 0) is 18.6 Å². The number of aromatic nitrogens is 1. The smallest absolute Gasteiger partial charge is 0.264 e. The normalized spacial score (nSPS) is 20.7. The van der Waals surface area contributed by atoms with Crippen LogP contribution in [0, 0.1) is 6.92 Å². The van der Waals surface area contributed by atoms with Crippen LogP contribution in [0.4, 0.5) is 0 Å². The Labute approximate surface area is 145 Å². The van der Waals surface area contributed by atoms with Crippen molar-refractivity contribution in [3.05, 3.63) is 45.9 Å². The molecule has 0 saturated carbocycles. The molecule has 1 aromatic heterocycles. The number of thiazole rings is 1. The molecule has 0 N–H and O–H groups in total. The van der Waals surface area contributed by atoms with Gasteiger partial charge in [0.25, 0.3) is 5.91 Å². The van der Waals surface area contributed by atoms with Gasteiger partial charge >= 0.3 is 0 Å². The first-order valence-corrected chi connectivity index (χ1v) is 9.24. The molecule has 4 rings (SSSR count). The number of carbonyl (C=O) groups excluding carboxylic acids is 1. The first-order valence-electron chi connectivity index (χ1n) is 8.36. The second-order valence-electron chi connectivity index (χ2n) is 6.38. The van der Waals surface area contributed by atoms with E-state index in [2.05, 4.69) is 15.3 Å². The summed E-state index contributed by atoms with van der Waals surface area (Å²) in [4.78, 5) is 21.5. The van der Waals surface area contributed by atoms with Crippen LogP contribution in [0.25, 0.3) is 0 Å². The van der Waals surface area contributed by atoms with Gasteiger partial charge in [-0.15, -0.1) is 11.3 Å². The monoisotopic (exact) mass is 343 g/mol. The molecular formula is C18H21N3O2S. The van der Waals surface area contributed by atoms with Crippen molar-refractivity contribution in [2.45, 2.75) is 26.0 Å². The lowest BCUT2D eigenvalue weighted by atomic mass is 10.1. The topological polar surface area (TPSA) is 45.7 Å². The van der Waals surface area contributed by atoms with Gasteiger partial charge < -0.3 is 9.64 Å². The molecule has 0 radical (unpaired) electrons. The Morgan fingerprint density at radius 2 is 2.08 bits per heavy atom. The molecular weight excluding hydrogens is 322 g/mol. The van der Waals surface area contributed by atoms with Crippen LogP contribution in [0.3, 0.4) is 0 Å². The number of benzene rings is 1. The van der Waals surface area contributed by atoms with E-state index in [-0.39, 0.29) is 12.0 Å². The number of ether oxygens (including phenoxy) is 1. The maximum Gasteiger partial charge on any atom is 0.264 e. The van der Waals surface area contributed by atoms with Crippen LogP contribution < -0.4 is 4.74 Å². The minimum atomic E-state index is -0.352. The quantitative estimate of drug-likeness (QED) is 0.856. The summed E-state index contributed by atoms with van der Waals surface area (Å²) in [6.45, 7) is 6.21. The van der Waals surface area contributed by atoms with E-state index in [0.29, 0.717) is 6.42 Å². The van der Waals surface area contributed by atoms with Gasteiger partial charge in [-0.25, -0.2) is 4.98 Å². The molecule has 1 atom stereocenters. The number of aryl methyl sites for hydroxylation is 1. The molecule has 0 spiro atoms. The number of nitrogens with zero attached hydrogens (tertiary/aromatic N) is 3. The Balaban J connectivity index is 1.31. The Morgan fingerprint density at radius 3 is 2.79 bits per heavy atom. The lowest BCUT2D eigenvalue weighted by Gasteiger charge is -2.35. The molecule has 3 heterocycles. The van der Waals surface area contributed by atoms with Crippen molar-refractivity contribution >= 4 is 17.2 Å². The highest BCUT2D eigenvalue weighted by molar-refractivity contribution is 7.09. The van der Waals surface area contributed by atoms with Gasteiger partial charge in [-0.2, -0.15) is 0 Å². The molecule has 0 aliphatic carbocycles. The average molecular weight is 343 g/mol. The lowest BCUT2D eigenvalue weighted by Crippen LogP contribution is -2.51. The zero-order chi connectivity index (χ0) is 16.5. The highest BCUT2D eigenvalue weighted by Crippen LogP contribution is 2.29. The third kappa shape index (κ3) is 3.16. The van der Waals surface area contributed by atoms with Crippen LogP contribution in [0.5, 0.6) is 5.75 Å². The number of piperazine rings is 1. The van der Waals surface area contributed by atoms with E-state index in [1.165, 1.54) is 0 Å². The van der Waals surface area contributed by atoms with E-state index in [1.54, 1.807) is 11.3 Å². The summed E-state index contributed by atoms with van der Waals surface area (Å²) in [5, 5.41) is 3.23. The van der Waals surface area contributed by atoms with Crippen molar-refractivity contribution in [2.24, 2.45) is 0 Å². The summed E-state index contributed by atoms with van der Waals surface area (Å²) in [7, 11) is 0. The number of carbonyl (C=O) groups is 1. The van der Waals surface area contributed by atoms with Crippen molar-refractivity contribution in [2.75, 3.05) is 26.2 Å². The Morgan fingerprint density at radius 1 is 1.29 bits per heavy atom. The molecule has 2 aromatic rings. The average Bonchev–Trinajstić information content (AvgIpc) is 3.21. The molecule has 1 fully saturated rings. The van der Waals surface area contributed by atoms with Crippen LogP contribution in [-0.2, 0) is 17.8 Å². The van der Waals surface area contributed by atoms with Crippen molar-refractivity contribution in [3.8, 4) is 5.75 Å². The fraction of sp³-hybridized carbons (Fsp3) is 0.444. The number of amides is 1. The zero-order valence-electron chi connectivity index (χ0n) is 13.8. The van der Waals surface area contributed by atoms with E-state index < -0.39 is 0 Å². The van der Waals surface area contributed by atoms with Gasteiger partial charge in [0, 0.05) is 44.5 Å². The second-order valence-corrected chi connectivity index (χ2v) is 7.44. The summed E-state index contributed by atoms with van der Waals surface area (Å²) >= 11 is 1.69. The van der Waals surface area contributed by atoms with Crippen molar-refractivity contribution in [1.82, 2.24) is 14.8 Å². The predicted octanol–water partition coefficient (Wildman–Crippen LogP) is 2.10. The SMILES string of the molecule is Cc1nc(CN2CCN(C(=O)C3Cc4ccccc4O3)CC2)cs1. The van der Waals surface area contributed by atoms with E-state index in [1.807, 2.05) is 36.1 Å². The van der Waals surface area contributed by atoms with Gasteiger partial charge in [0.1, 0.15) is 5.75 Å². The molecule has 1 saturated heterocycles. The van der Waals surface area contributed by atoms with Gasteiger partial charge in [0.2, 0.25) is 0 Å². The van der Waals surface area contributed by atoms with E-state index in [0.717, 1.165) is 54.7 Å². The highest BCUT2D eigenvalue weighted by atomic mass is 32.1.